The normalized spacial score (nSPS) is 10.7. The molecule has 2 aromatic rings. The van der Waals surface area contributed by atoms with Crippen molar-refractivity contribution in [2.45, 2.75) is 20.4 Å². The Bertz CT molecular complexity index is 517. The van der Waals surface area contributed by atoms with Gasteiger partial charge in [0.15, 0.2) is 0 Å². The molecule has 0 aliphatic heterocycles. The van der Waals surface area contributed by atoms with E-state index in [-0.39, 0.29) is 0 Å². The van der Waals surface area contributed by atoms with Gasteiger partial charge in [-0.05, 0) is 26.0 Å². The molecule has 1 aromatic heterocycles. The molecule has 16 heavy (non-hydrogen) atoms. The van der Waals surface area contributed by atoms with Crippen LogP contribution in [0, 0.1) is 6.92 Å². The van der Waals surface area contributed by atoms with Crippen LogP contribution in [0.25, 0.3) is 11.3 Å². The minimum atomic E-state index is 0.734. The molecule has 0 fully saturated rings. The van der Waals surface area contributed by atoms with E-state index in [0.717, 1.165) is 33.9 Å². The predicted octanol–water partition coefficient (Wildman–Crippen LogP) is 3.22. The molecule has 0 spiro atoms. The topological polar surface area (TPSA) is 43.8 Å². The Balaban J connectivity index is 2.56. The summed E-state index contributed by atoms with van der Waals surface area (Å²) in [5.74, 6) is 1.69. The maximum absolute atomic E-state index is 6.08. The van der Waals surface area contributed by atoms with Crippen LogP contribution in [0.5, 0.6) is 0 Å². The summed E-state index contributed by atoms with van der Waals surface area (Å²) in [4.78, 5) is 4.51. The first-order valence-corrected chi connectivity index (χ1v) is 6.01. The summed E-state index contributed by atoms with van der Waals surface area (Å²) in [6.45, 7) is 4.88. The SMILES string of the molecule is CCn1c(C)nc(-c2cccc(Br)c2)c1N. The maximum Gasteiger partial charge on any atom is 0.131 e. The van der Waals surface area contributed by atoms with Gasteiger partial charge < -0.3 is 10.3 Å². The monoisotopic (exact) mass is 279 g/mol. The smallest absolute Gasteiger partial charge is 0.131 e. The van der Waals surface area contributed by atoms with Crippen LogP contribution in [0.4, 0.5) is 5.82 Å². The van der Waals surface area contributed by atoms with Crippen molar-refractivity contribution in [3.63, 3.8) is 0 Å². The van der Waals surface area contributed by atoms with Crippen LogP contribution in [-0.2, 0) is 6.54 Å². The van der Waals surface area contributed by atoms with Gasteiger partial charge in [-0.2, -0.15) is 0 Å². The van der Waals surface area contributed by atoms with E-state index in [2.05, 4.69) is 27.8 Å². The molecule has 3 nitrogen and oxygen atoms in total. The third kappa shape index (κ3) is 1.85. The first-order valence-electron chi connectivity index (χ1n) is 5.22. The van der Waals surface area contributed by atoms with Crippen LogP contribution in [-0.4, -0.2) is 9.55 Å². The number of anilines is 1. The minimum absolute atomic E-state index is 0.734. The molecule has 2 rings (SSSR count). The van der Waals surface area contributed by atoms with Gasteiger partial charge in [0.05, 0.1) is 0 Å². The van der Waals surface area contributed by atoms with E-state index in [0.29, 0.717) is 0 Å². The van der Waals surface area contributed by atoms with E-state index in [1.165, 1.54) is 0 Å². The van der Waals surface area contributed by atoms with Crippen molar-refractivity contribution in [3.05, 3.63) is 34.6 Å². The number of nitrogen functional groups attached to an aromatic ring is 1. The van der Waals surface area contributed by atoms with Gasteiger partial charge in [0.25, 0.3) is 0 Å². The largest absolute Gasteiger partial charge is 0.383 e. The van der Waals surface area contributed by atoms with Crippen LogP contribution in [0.15, 0.2) is 28.7 Å². The van der Waals surface area contributed by atoms with Crippen LogP contribution < -0.4 is 5.73 Å². The Kier molecular flexibility index (Phi) is 3.01. The highest BCUT2D eigenvalue weighted by Crippen LogP contribution is 2.27. The van der Waals surface area contributed by atoms with E-state index in [1.807, 2.05) is 35.8 Å². The van der Waals surface area contributed by atoms with Crippen molar-refractivity contribution in [2.24, 2.45) is 0 Å². The number of aromatic nitrogens is 2. The highest BCUT2D eigenvalue weighted by atomic mass is 79.9. The van der Waals surface area contributed by atoms with E-state index < -0.39 is 0 Å². The van der Waals surface area contributed by atoms with Gasteiger partial charge in [0, 0.05) is 16.6 Å². The van der Waals surface area contributed by atoms with Gasteiger partial charge >= 0.3 is 0 Å². The molecular weight excluding hydrogens is 266 g/mol. The Hall–Kier alpha value is -1.29. The number of aryl methyl sites for hydroxylation is 1. The Morgan fingerprint density at radius 1 is 1.44 bits per heavy atom. The van der Waals surface area contributed by atoms with Crippen LogP contribution in [0.2, 0.25) is 0 Å². The number of nitrogens with zero attached hydrogens (tertiary/aromatic N) is 2. The van der Waals surface area contributed by atoms with E-state index >= 15 is 0 Å². The number of benzene rings is 1. The Morgan fingerprint density at radius 2 is 2.19 bits per heavy atom. The average Bonchev–Trinajstić information content (AvgIpc) is 2.54. The van der Waals surface area contributed by atoms with E-state index in [4.69, 9.17) is 5.73 Å². The summed E-state index contributed by atoms with van der Waals surface area (Å²) in [6, 6.07) is 8.02. The van der Waals surface area contributed by atoms with Gasteiger partial charge in [-0.15, -0.1) is 0 Å². The maximum atomic E-state index is 6.08. The van der Waals surface area contributed by atoms with Crippen LogP contribution in [0.1, 0.15) is 12.7 Å². The molecule has 84 valence electrons. The summed E-state index contributed by atoms with van der Waals surface area (Å²) in [5, 5.41) is 0. The van der Waals surface area contributed by atoms with Gasteiger partial charge in [-0.3, -0.25) is 0 Å². The molecular formula is C12H14BrN3. The highest BCUT2D eigenvalue weighted by molar-refractivity contribution is 9.10. The van der Waals surface area contributed by atoms with Crippen molar-refractivity contribution < 1.29 is 0 Å². The first kappa shape index (κ1) is 11.2. The molecule has 0 atom stereocenters. The third-order valence-corrected chi connectivity index (χ3v) is 3.11. The fraction of sp³-hybridized carbons (Fsp3) is 0.250. The second kappa shape index (κ2) is 4.29. The quantitative estimate of drug-likeness (QED) is 0.917. The highest BCUT2D eigenvalue weighted by Gasteiger charge is 2.12. The summed E-state index contributed by atoms with van der Waals surface area (Å²) in [7, 11) is 0. The van der Waals surface area contributed by atoms with E-state index in [1.54, 1.807) is 0 Å². The van der Waals surface area contributed by atoms with Gasteiger partial charge in [-0.1, -0.05) is 28.1 Å². The predicted molar refractivity (Wildman–Crippen MR) is 70.2 cm³/mol. The molecule has 0 aliphatic rings. The molecule has 0 saturated carbocycles. The molecule has 0 unspecified atom stereocenters. The molecule has 4 heteroatoms. The zero-order chi connectivity index (χ0) is 11.7. The molecule has 0 saturated heterocycles. The number of imidazole rings is 1. The van der Waals surface area contributed by atoms with Gasteiger partial charge in [0.1, 0.15) is 17.3 Å². The lowest BCUT2D eigenvalue weighted by atomic mass is 10.1. The standard InChI is InChI=1S/C12H14BrN3/c1-3-16-8(2)15-11(12(16)14)9-5-4-6-10(13)7-9/h4-7H,3,14H2,1-2H3. The van der Waals surface area contributed by atoms with Gasteiger partial charge in [0.2, 0.25) is 0 Å². The number of nitrogens with two attached hydrogens (primary N) is 1. The zero-order valence-electron chi connectivity index (χ0n) is 9.37. The minimum Gasteiger partial charge on any atom is -0.383 e. The molecule has 0 bridgehead atoms. The Morgan fingerprint density at radius 3 is 2.75 bits per heavy atom. The molecule has 0 amide bonds. The summed E-state index contributed by atoms with van der Waals surface area (Å²) >= 11 is 3.45. The lowest BCUT2D eigenvalue weighted by Crippen LogP contribution is -2.02. The lowest BCUT2D eigenvalue weighted by Gasteiger charge is -2.03. The number of halogens is 1. The van der Waals surface area contributed by atoms with Crippen molar-refractivity contribution in [1.82, 2.24) is 9.55 Å². The molecule has 0 aliphatic carbocycles. The molecule has 2 N–H and O–H groups in total. The van der Waals surface area contributed by atoms with Gasteiger partial charge in [-0.25, -0.2) is 4.98 Å². The molecule has 1 heterocycles. The van der Waals surface area contributed by atoms with Crippen molar-refractivity contribution in [3.8, 4) is 11.3 Å². The summed E-state index contributed by atoms with van der Waals surface area (Å²) in [5.41, 5.74) is 7.99. The fourth-order valence-electron chi connectivity index (χ4n) is 1.83. The number of hydrogen-bond acceptors (Lipinski definition) is 2. The molecule has 0 radical (unpaired) electrons. The van der Waals surface area contributed by atoms with Crippen molar-refractivity contribution >= 4 is 21.7 Å². The van der Waals surface area contributed by atoms with E-state index in [9.17, 15) is 0 Å². The first-order chi connectivity index (χ1) is 7.63. The fourth-order valence-corrected chi connectivity index (χ4v) is 2.23. The lowest BCUT2D eigenvalue weighted by molar-refractivity contribution is 0.739. The van der Waals surface area contributed by atoms with Crippen LogP contribution >= 0.6 is 15.9 Å². The summed E-state index contributed by atoms with van der Waals surface area (Å²) in [6.07, 6.45) is 0. The third-order valence-electron chi connectivity index (χ3n) is 2.61. The number of hydrogen-bond donors (Lipinski definition) is 1. The van der Waals surface area contributed by atoms with Crippen LogP contribution in [0.3, 0.4) is 0 Å². The second-order valence-corrected chi connectivity index (χ2v) is 4.56. The van der Waals surface area contributed by atoms with Crippen molar-refractivity contribution in [1.29, 1.82) is 0 Å². The average molecular weight is 280 g/mol. The second-order valence-electron chi connectivity index (χ2n) is 3.65. The zero-order valence-corrected chi connectivity index (χ0v) is 11.0. The summed E-state index contributed by atoms with van der Waals surface area (Å²) < 4.78 is 3.05. The molecule has 1 aromatic carbocycles. The van der Waals surface area contributed by atoms with Crippen molar-refractivity contribution in [2.75, 3.05) is 5.73 Å². The Labute approximate surface area is 103 Å². The number of rotatable bonds is 2.